The Morgan fingerprint density at radius 2 is 1.36 bits per heavy atom. The van der Waals surface area contributed by atoms with E-state index in [4.69, 9.17) is 37.7 Å². The van der Waals surface area contributed by atoms with E-state index < -0.39 is 10.5 Å². The normalized spacial score (nSPS) is 50.7. The first kappa shape index (κ1) is 8.08. The molecule has 64 valence electrons. The molecule has 0 aromatic carbocycles. The molecule has 2 aliphatic rings. The summed E-state index contributed by atoms with van der Waals surface area (Å²) in [4.78, 5) is 9.52. The molecule has 0 saturated carbocycles. The van der Waals surface area contributed by atoms with Crippen LogP contribution in [0.15, 0.2) is 0 Å². The van der Waals surface area contributed by atoms with Crippen molar-refractivity contribution < 1.29 is 14.5 Å². The number of fused-ring (bicyclic) bond motifs is 2. The van der Waals surface area contributed by atoms with Crippen LogP contribution in [0.1, 0.15) is 25.7 Å². The van der Waals surface area contributed by atoms with E-state index in [0.29, 0.717) is 12.8 Å². The third kappa shape index (κ3) is 1.48. The summed E-state index contributed by atoms with van der Waals surface area (Å²) in [7, 11) is 0. The van der Waals surface area contributed by atoms with Crippen LogP contribution in [-0.2, 0) is 14.5 Å². The lowest BCUT2D eigenvalue weighted by atomic mass is 10.2. The number of rotatable bonds is 0. The topological polar surface area (TPSA) is 27.7 Å². The van der Waals surface area contributed by atoms with Crippen LogP contribution in [0, 0.1) is 0 Å². The van der Waals surface area contributed by atoms with Crippen molar-refractivity contribution in [2.45, 2.75) is 36.2 Å². The Hall–Kier alpha value is 0.460. The van der Waals surface area contributed by atoms with Gasteiger partial charge in [0.1, 0.15) is 0 Å². The minimum absolute atomic E-state index is 0.614. The smallest absolute Gasteiger partial charge is 0.282 e. The van der Waals surface area contributed by atoms with Crippen molar-refractivity contribution >= 4 is 23.2 Å². The molecule has 2 aliphatic heterocycles. The molecule has 2 saturated heterocycles. The van der Waals surface area contributed by atoms with Crippen molar-refractivity contribution in [3.8, 4) is 0 Å². The number of hydrogen-bond donors (Lipinski definition) is 0. The third-order valence-corrected chi connectivity index (χ3v) is 2.45. The van der Waals surface area contributed by atoms with Crippen LogP contribution in [0.2, 0.25) is 0 Å². The molecule has 3 nitrogen and oxygen atoms in total. The van der Waals surface area contributed by atoms with Crippen LogP contribution in [0.4, 0.5) is 0 Å². The fourth-order valence-corrected chi connectivity index (χ4v) is 1.86. The molecule has 2 rings (SSSR count). The Kier molecular flexibility index (Phi) is 1.81. The fraction of sp³-hybridized carbons (Fsp3) is 1.00. The van der Waals surface area contributed by atoms with Gasteiger partial charge in [0.2, 0.25) is 0 Å². The van der Waals surface area contributed by atoms with E-state index in [-0.39, 0.29) is 0 Å². The highest BCUT2D eigenvalue weighted by molar-refractivity contribution is 6.24. The molecule has 2 unspecified atom stereocenters. The summed E-state index contributed by atoms with van der Waals surface area (Å²) in [6.07, 6.45) is 3.12. The highest BCUT2D eigenvalue weighted by Gasteiger charge is 2.52. The Bertz CT molecular complexity index is 151. The summed E-state index contributed by atoms with van der Waals surface area (Å²) in [5.41, 5.74) is 0. The average Bonchev–Trinajstić information content (AvgIpc) is 2.11. The first-order chi connectivity index (χ1) is 5.12. The molecule has 0 N–H and O–H groups in total. The van der Waals surface area contributed by atoms with Gasteiger partial charge in [0, 0.05) is 12.8 Å². The van der Waals surface area contributed by atoms with E-state index in [2.05, 4.69) is 0 Å². The highest BCUT2D eigenvalue weighted by atomic mass is 35.5. The van der Waals surface area contributed by atoms with E-state index in [1.165, 1.54) is 0 Å². The van der Waals surface area contributed by atoms with E-state index in [0.717, 1.165) is 12.8 Å². The fourth-order valence-electron chi connectivity index (χ4n) is 1.24. The standard InChI is InChI=1S/C6H8Cl2O3/c7-5-3-1-2-4-6(8,9-5)11-10-5/h1-4H2. The van der Waals surface area contributed by atoms with Crippen LogP contribution >= 0.6 is 23.2 Å². The van der Waals surface area contributed by atoms with Gasteiger partial charge in [-0.15, -0.1) is 0 Å². The van der Waals surface area contributed by atoms with Gasteiger partial charge in [0.25, 0.3) is 10.5 Å². The SMILES string of the molecule is ClC12CCCCC(Cl)(OO1)O2. The molecule has 0 aliphatic carbocycles. The van der Waals surface area contributed by atoms with E-state index in [9.17, 15) is 0 Å². The molecule has 2 atom stereocenters. The van der Waals surface area contributed by atoms with Gasteiger partial charge in [-0.25, -0.2) is 0 Å². The first-order valence-electron chi connectivity index (χ1n) is 3.57. The molecule has 0 amide bonds. The minimum atomic E-state index is -1.14. The second kappa shape index (κ2) is 2.47. The van der Waals surface area contributed by atoms with Crippen molar-refractivity contribution in [2.24, 2.45) is 0 Å². The first-order valence-corrected chi connectivity index (χ1v) is 4.32. The summed E-state index contributed by atoms with van der Waals surface area (Å²) in [6, 6.07) is 0. The predicted molar refractivity (Wildman–Crippen MR) is 38.9 cm³/mol. The number of halogens is 2. The minimum Gasteiger partial charge on any atom is -0.286 e. The second-order valence-electron chi connectivity index (χ2n) is 2.80. The lowest BCUT2D eigenvalue weighted by molar-refractivity contribution is -0.322. The zero-order chi connectivity index (χ0) is 7.95. The summed E-state index contributed by atoms with van der Waals surface area (Å²) >= 11 is 11.7. The van der Waals surface area contributed by atoms with Crippen molar-refractivity contribution in [2.75, 3.05) is 0 Å². The predicted octanol–water partition coefficient (Wildman–Crippen LogP) is 2.32. The van der Waals surface area contributed by atoms with Crippen LogP contribution in [0.5, 0.6) is 0 Å². The van der Waals surface area contributed by atoms with Gasteiger partial charge in [0.05, 0.1) is 0 Å². The molecule has 0 aromatic heterocycles. The largest absolute Gasteiger partial charge is 0.286 e. The summed E-state index contributed by atoms with van der Waals surface area (Å²) in [5.74, 6) is 0. The quantitative estimate of drug-likeness (QED) is 0.442. The highest BCUT2D eigenvalue weighted by Crippen LogP contribution is 2.46. The van der Waals surface area contributed by atoms with Crippen molar-refractivity contribution in [1.82, 2.24) is 0 Å². The third-order valence-electron chi connectivity index (χ3n) is 1.80. The van der Waals surface area contributed by atoms with Crippen LogP contribution in [-0.4, -0.2) is 10.5 Å². The van der Waals surface area contributed by atoms with Crippen LogP contribution < -0.4 is 0 Å². The monoisotopic (exact) mass is 198 g/mol. The molecule has 0 spiro atoms. The second-order valence-corrected chi connectivity index (χ2v) is 3.95. The van der Waals surface area contributed by atoms with Gasteiger partial charge in [-0.1, -0.05) is 23.2 Å². The average molecular weight is 199 g/mol. The van der Waals surface area contributed by atoms with Crippen molar-refractivity contribution in [1.29, 1.82) is 0 Å². The van der Waals surface area contributed by atoms with Gasteiger partial charge in [-0.2, -0.15) is 9.78 Å². The summed E-state index contributed by atoms with van der Waals surface area (Å²) < 4.78 is 5.18. The Balaban J connectivity index is 2.18. The maximum absolute atomic E-state index is 5.84. The van der Waals surface area contributed by atoms with Crippen molar-refractivity contribution in [3.05, 3.63) is 0 Å². The Labute approximate surface area is 74.4 Å². The van der Waals surface area contributed by atoms with Gasteiger partial charge >= 0.3 is 0 Å². The number of hydrogen-bond acceptors (Lipinski definition) is 3. The Morgan fingerprint density at radius 1 is 0.909 bits per heavy atom. The molecule has 5 heteroatoms. The summed E-state index contributed by atoms with van der Waals surface area (Å²) in [5, 5.41) is -2.28. The molecule has 0 aromatic rings. The maximum atomic E-state index is 5.84. The van der Waals surface area contributed by atoms with E-state index >= 15 is 0 Å². The maximum Gasteiger partial charge on any atom is 0.282 e. The number of alkyl halides is 2. The molecular weight excluding hydrogens is 191 g/mol. The van der Waals surface area contributed by atoms with E-state index in [1.807, 2.05) is 0 Å². The van der Waals surface area contributed by atoms with Crippen LogP contribution in [0.3, 0.4) is 0 Å². The molecule has 2 bridgehead atoms. The molecule has 2 fully saturated rings. The van der Waals surface area contributed by atoms with Crippen LogP contribution in [0.25, 0.3) is 0 Å². The summed E-state index contributed by atoms with van der Waals surface area (Å²) in [6.45, 7) is 0. The van der Waals surface area contributed by atoms with Gasteiger partial charge in [-0.05, 0) is 12.8 Å². The van der Waals surface area contributed by atoms with Crippen molar-refractivity contribution in [3.63, 3.8) is 0 Å². The van der Waals surface area contributed by atoms with E-state index in [1.54, 1.807) is 0 Å². The molecule has 2 heterocycles. The lowest BCUT2D eigenvalue weighted by Crippen LogP contribution is -2.25. The molecule has 0 radical (unpaired) electrons. The zero-order valence-corrected chi connectivity index (χ0v) is 7.32. The number of ether oxygens (including phenoxy) is 1. The molecule has 11 heavy (non-hydrogen) atoms. The molecular formula is C6H8Cl2O3. The zero-order valence-electron chi connectivity index (χ0n) is 5.81. The van der Waals surface area contributed by atoms with Gasteiger partial charge in [0.15, 0.2) is 0 Å². The Morgan fingerprint density at radius 3 is 1.82 bits per heavy atom. The van der Waals surface area contributed by atoms with Gasteiger partial charge in [-0.3, -0.25) is 4.74 Å². The van der Waals surface area contributed by atoms with Gasteiger partial charge < -0.3 is 0 Å². The lowest BCUT2D eigenvalue weighted by Gasteiger charge is -2.15.